The van der Waals surface area contributed by atoms with Crippen LogP contribution in [0.3, 0.4) is 0 Å². The molecule has 0 aliphatic carbocycles. The van der Waals surface area contributed by atoms with E-state index >= 15 is 0 Å². The van der Waals surface area contributed by atoms with Crippen molar-refractivity contribution in [2.45, 2.75) is 44.6 Å². The summed E-state index contributed by atoms with van der Waals surface area (Å²) >= 11 is 1.65. The van der Waals surface area contributed by atoms with Crippen LogP contribution in [-0.4, -0.2) is 59.1 Å². The first-order valence-corrected chi connectivity index (χ1v) is 9.17. The Bertz CT molecular complexity index is 537. The molecule has 1 amide bonds. The number of likely N-dealkylation sites (tertiary alicyclic amines) is 2. The number of thiophene rings is 1. The van der Waals surface area contributed by atoms with Gasteiger partial charge >= 0.3 is 0 Å². The number of amides is 1. The first kappa shape index (κ1) is 16.0. The van der Waals surface area contributed by atoms with Gasteiger partial charge in [0.15, 0.2) is 0 Å². The second-order valence-corrected chi connectivity index (χ2v) is 8.02. The van der Waals surface area contributed by atoms with Crippen LogP contribution in [-0.2, 0) is 0 Å². The largest absolute Gasteiger partial charge is 0.387 e. The minimum absolute atomic E-state index is 0.0699. The molecule has 1 N–H and O–H groups in total. The minimum Gasteiger partial charge on any atom is -0.387 e. The zero-order valence-corrected chi connectivity index (χ0v) is 14.4. The van der Waals surface area contributed by atoms with Crippen molar-refractivity contribution in [3.63, 3.8) is 0 Å². The first-order chi connectivity index (χ1) is 10.5. The van der Waals surface area contributed by atoms with E-state index in [0.717, 1.165) is 18.7 Å². The van der Waals surface area contributed by atoms with Crippen LogP contribution < -0.4 is 0 Å². The fourth-order valence-electron chi connectivity index (χ4n) is 3.47. The standard InChI is InChI=1S/C17H26N2O2S/c1-13(2)15-9-14(10-22-15)16(20)19-8-5-17(21,12-19)11-18-6-3-4-7-18/h9-10,13,21H,3-8,11-12H2,1-2H3/t17-/m0/s1. The molecule has 122 valence electrons. The quantitative estimate of drug-likeness (QED) is 0.926. The number of carbonyl (C=O) groups excluding carboxylic acids is 1. The Hall–Kier alpha value is -0.910. The molecule has 0 aromatic carbocycles. The molecule has 4 nitrogen and oxygen atoms in total. The molecule has 0 saturated carbocycles. The third-order valence-corrected chi connectivity index (χ3v) is 6.01. The van der Waals surface area contributed by atoms with E-state index in [1.54, 1.807) is 11.3 Å². The van der Waals surface area contributed by atoms with Crippen molar-refractivity contribution in [2.75, 3.05) is 32.7 Å². The summed E-state index contributed by atoms with van der Waals surface area (Å²) in [6, 6.07) is 2.01. The van der Waals surface area contributed by atoms with E-state index in [1.807, 2.05) is 16.3 Å². The van der Waals surface area contributed by atoms with Gasteiger partial charge in [-0.3, -0.25) is 4.79 Å². The molecule has 0 bridgehead atoms. The number of hydrogen-bond acceptors (Lipinski definition) is 4. The Morgan fingerprint density at radius 3 is 2.73 bits per heavy atom. The van der Waals surface area contributed by atoms with Gasteiger partial charge in [0.1, 0.15) is 0 Å². The summed E-state index contributed by atoms with van der Waals surface area (Å²) in [5, 5.41) is 12.7. The fourth-order valence-corrected chi connectivity index (χ4v) is 4.37. The van der Waals surface area contributed by atoms with Crippen LogP contribution in [0.1, 0.15) is 54.3 Å². The summed E-state index contributed by atoms with van der Waals surface area (Å²) in [6.07, 6.45) is 3.15. The predicted molar refractivity (Wildman–Crippen MR) is 89.6 cm³/mol. The van der Waals surface area contributed by atoms with Crippen LogP contribution in [0.5, 0.6) is 0 Å². The second kappa shape index (κ2) is 6.30. The van der Waals surface area contributed by atoms with Crippen LogP contribution in [0.2, 0.25) is 0 Å². The lowest BCUT2D eigenvalue weighted by Gasteiger charge is -2.28. The summed E-state index contributed by atoms with van der Waals surface area (Å²) in [7, 11) is 0. The lowest BCUT2D eigenvalue weighted by atomic mass is 10.0. The predicted octanol–water partition coefficient (Wildman–Crippen LogP) is 2.54. The molecule has 22 heavy (non-hydrogen) atoms. The Labute approximate surface area is 136 Å². The van der Waals surface area contributed by atoms with Crippen LogP contribution >= 0.6 is 11.3 Å². The van der Waals surface area contributed by atoms with E-state index in [0.29, 0.717) is 32.0 Å². The van der Waals surface area contributed by atoms with Crippen molar-refractivity contribution >= 4 is 17.2 Å². The molecule has 5 heteroatoms. The van der Waals surface area contributed by atoms with Gasteiger partial charge in [-0.25, -0.2) is 0 Å². The number of aliphatic hydroxyl groups is 1. The number of hydrogen-bond donors (Lipinski definition) is 1. The first-order valence-electron chi connectivity index (χ1n) is 8.29. The Kier molecular flexibility index (Phi) is 4.57. The van der Waals surface area contributed by atoms with E-state index < -0.39 is 5.60 Å². The van der Waals surface area contributed by atoms with E-state index in [1.165, 1.54) is 17.7 Å². The molecule has 3 heterocycles. The zero-order chi connectivity index (χ0) is 15.7. The van der Waals surface area contributed by atoms with Crippen molar-refractivity contribution in [3.8, 4) is 0 Å². The topological polar surface area (TPSA) is 43.8 Å². The highest BCUT2D eigenvalue weighted by Crippen LogP contribution is 2.28. The fraction of sp³-hybridized carbons (Fsp3) is 0.706. The average Bonchev–Trinajstić information content (AvgIpc) is 3.18. The highest BCUT2D eigenvalue weighted by molar-refractivity contribution is 7.10. The maximum absolute atomic E-state index is 12.6. The summed E-state index contributed by atoms with van der Waals surface area (Å²) in [5.41, 5.74) is 0.0517. The second-order valence-electron chi connectivity index (χ2n) is 7.08. The highest BCUT2D eigenvalue weighted by Gasteiger charge is 2.40. The lowest BCUT2D eigenvalue weighted by molar-refractivity contribution is 0.0175. The molecule has 2 aliphatic heterocycles. The average molecular weight is 322 g/mol. The Morgan fingerprint density at radius 1 is 1.36 bits per heavy atom. The maximum Gasteiger partial charge on any atom is 0.254 e. The molecule has 0 radical (unpaired) electrons. The van der Waals surface area contributed by atoms with Crippen LogP contribution in [0, 0.1) is 0 Å². The lowest BCUT2D eigenvalue weighted by Crippen LogP contribution is -2.45. The van der Waals surface area contributed by atoms with Gasteiger partial charge in [-0.15, -0.1) is 11.3 Å². The van der Waals surface area contributed by atoms with Gasteiger partial charge in [-0.2, -0.15) is 0 Å². The van der Waals surface area contributed by atoms with Crippen LogP contribution in [0.15, 0.2) is 11.4 Å². The molecule has 2 aliphatic rings. The molecular weight excluding hydrogens is 296 g/mol. The monoisotopic (exact) mass is 322 g/mol. The smallest absolute Gasteiger partial charge is 0.254 e. The molecule has 1 atom stereocenters. The van der Waals surface area contributed by atoms with Crippen molar-refractivity contribution in [2.24, 2.45) is 0 Å². The van der Waals surface area contributed by atoms with E-state index in [2.05, 4.69) is 18.7 Å². The van der Waals surface area contributed by atoms with Gasteiger partial charge in [0.05, 0.1) is 17.7 Å². The summed E-state index contributed by atoms with van der Waals surface area (Å²) < 4.78 is 0. The number of carbonyl (C=O) groups is 1. The van der Waals surface area contributed by atoms with E-state index in [4.69, 9.17) is 0 Å². The molecule has 0 spiro atoms. The van der Waals surface area contributed by atoms with Gasteiger partial charge < -0.3 is 14.9 Å². The molecule has 2 fully saturated rings. The molecule has 0 unspecified atom stereocenters. The van der Waals surface area contributed by atoms with Gasteiger partial charge in [0, 0.05) is 23.3 Å². The number of rotatable bonds is 4. The summed E-state index contributed by atoms with van der Waals surface area (Å²) in [5.74, 6) is 0.526. The van der Waals surface area contributed by atoms with E-state index in [-0.39, 0.29) is 5.91 Å². The third-order valence-electron chi connectivity index (χ3n) is 4.77. The third kappa shape index (κ3) is 3.36. The van der Waals surface area contributed by atoms with E-state index in [9.17, 15) is 9.90 Å². The summed E-state index contributed by atoms with van der Waals surface area (Å²) in [4.78, 5) is 18.0. The SMILES string of the molecule is CC(C)c1cc(C(=O)N2CC[C@](O)(CN3CCCC3)C2)cs1. The normalized spacial score (nSPS) is 26.3. The van der Waals surface area contributed by atoms with Gasteiger partial charge in [0.25, 0.3) is 5.91 Å². The van der Waals surface area contributed by atoms with Crippen LogP contribution in [0.4, 0.5) is 0 Å². The molecular formula is C17H26N2O2S. The van der Waals surface area contributed by atoms with Crippen molar-refractivity contribution in [1.82, 2.24) is 9.80 Å². The molecule has 1 aromatic heterocycles. The van der Waals surface area contributed by atoms with Crippen molar-refractivity contribution in [3.05, 3.63) is 21.9 Å². The molecule has 2 saturated heterocycles. The molecule has 1 aromatic rings. The van der Waals surface area contributed by atoms with Crippen molar-refractivity contribution < 1.29 is 9.90 Å². The van der Waals surface area contributed by atoms with Gasteiger partial charge in [-0.05, 0) is 44.3 Å². The van der Waals surface area contributed by atoms with Crippen molar-refractivity contribution in [1.29, 1.82) is 0 Å². The maximum atomic E-state index is 12.6. The van der Waals surface area contributed by atoms with Gasteiger partial charge in [-0.1, -0.05) is 13.8 Å². The molecule has 3 rings (SSSR count). The number of nitrogens with zero attached hydrogens (tertiary/aromatic N) is 2. The number of β-amino-alcohol motifs (C(OH)–C–C–N with tert-alkyl or cyclic N) is 1. The van der Waals surface area contributed by atoms with Crippen LogP contribution in [0.25, 0.3) is 0 Å². The summed E-state index contributed by atoms with van der Waals surface area (Å²) in [6.45, 7) is 8.29. The Balaban J connectivity index is 1.62. The highest BCUT2D eigenvalue weighted by atomic mass is 32.1. The van der Waals surface area contributed by atoms with Gasteiger partial charge in [0.2, 0.25) is 0 Å². The minimum atomic E-state index is -0.725. The zero-order valence-electron chi connectivity index (χ0n) is 13.5. The Morgan fingerprint density at radius 2 is 2.09 bits per heavy atom.